The average Bonchev–Trinajstić information content (AvgIpc) is 3.30. The van der Waals surface area contributed by atoms with Crippen LogP contribution in [0.5, 0.6) is 5.75 Å². The van der Waals surface area contributed by atoms with Gasteiger partial charge in [-0.05, 0) is 99.2 Å². The van der Waals surface area contributed by atoms with Crippen molar-refractivity contribution in [2.75, 3.05) is 29.9 Å². The van der Waals surface area contributed by atoms with Gasteiger partial charge in [0.2, 0.25) is 0 Å². The molecule has 7 nitrogen and oxygen atoms in total. The highest BCUT2D eigenvalue weighted by molar-refractivity contribution is 5.95. The quantitative estimate of drug-likeness (QED) is 0.273. The normalized spacial score (nSPS) is 11.9. The monoisotopic (exact) mass is 499 g/mol. The van der Waals surface area contributed by atoms with Crippen molar-refractivity contribution in [1.29, 1.82) is 0 Å². The van der Waals surface area contributed by atoms with Gasteiger partial charge in [-0.25, -0.2) is 0 Å². The Bertz CT molecular complexity index is 1370. The number of fused-ring (bicyclic) bond motifs is 1. The van der Waals surface area contributed by atoms with Gasteiger partial charge in [0.05, 0.1) is 5.69 Å². The smallest absolute Gasteiger partial charge is 0.262 e. The van der Waals surface area contributed by atoms with Crippen molar-refractivity contribution in [1.82, 2.24) is 15.0 Å². The number of amides is 1. The van der Waals surface area contributed by atoms with E-state index in [1.807, 2.05) is 31.2 Å². The first-order chi connectivity index (χ1) is 17.8. The SMILES string of the molecule is CC[C@H](C)c1ccc(OCC(=O)Nc2cc3nn(-c4ccc(N(CC)CC)cc4C)nc3cc2C)cc1. The summed E-state index contributed by atoms with van der Waals surface area (Å²) in [5, 5.41) is 12.4. The molecule has 3 aromatic carbocycles. The number of carbonyl (C=O) groups is 1. The summed E-state index contributed by atoms with van der Waals surface area (Å²) in [6.45, 7) is 14.6. The first-order valence-corrected chi connectivity index (χ1v) is 13.1. The van der Waals surface area contributed by atoms with E-state index >= 15 is 0 Å². The average molecular weight is 500 g/mol. The molecular weight excluding hydrogens is 462 g/mol. The number of anilines is 2. The van der Waals surface area contributed by atoms with Gasteiger partial charge in [-0.15, -0.1) is 10.2 Å². The molecule has 0 fully saturated rings. The van der Waals surface area contributed by atoms with E-state index in [4.69, 9.17) is 14.9 Å². The van der Waals surface area contributed by atoms with E-state index < -0.39 is 0 Å². The predicted octanol–water partition coefficient (Wildman–Crippen LogP) is 6.41. The molecule has 1 N–H and O–H groups in total. The molecule has 0 saturated carbocycles. The van der Waals surface area contributed by atoms with Crippen molar-refractivity contribution in [2.24, 2.45) is 0 Å². The van der Waals surface area contributed by atoms with E-state index in [1.54, 1.807) is 4.80 Å². The largest absolute Gasteiger partial charge is 0.484 e. The lowest BCUT2D eigenvalue weighted by Gasteiger charge is -2.22. The van der Waals surface area contributed by atoms with E-state index in [1.165, 1.54) is 11.3 Å². The van der Waals surface area contributed by atoms with E-state index in [0.717, 1.165) is 47.4 Å². The van der Waals surface area contributed by atoms with Crippen molar-refractivity contribution >= 4 is 28.3 Å². The lowest BCUT2D eigenvalue weighted by molar-refractivity contribution is -0.118. The third kappa shape index (κ3) is 5.93. The summed E-state index contributed by atoms with van der Waals surface area (Å²) in [5.41, 5.74) is 7.61. The van der Waals surface area contributed by atoms with Gasteiger partial charge < -0.3 is 15.0 Å². The minimum Gasteiger partial charge on any atom is -0.484 e. The summed E-state index contributed by atoms with van der Waals surface area (Å²) >= 11 is 0. The van der Waals surface area contributed by atoms with Crippen LogP contribution in [-0.4, -0.2) is 40.6 Å². The second-order valence-corrected chi connectivity index (χ2v) is 9.50. The fourth-order valence-electron chi connectivity index (χ4n) is 4.42. The standard InChI is InChI=1S/C30H37N5O2/c1-7-20(4)23-10-13-25(14-11-23)37-19-30(36)31-26-18-28-27(17-21(26)5)32-35(33-28)29-15-12-24(16-22(29)6)34(8-2)9-3/h10-18,20H,7-9,19H2,1-6H3,(H,31,36)/t20-/m0/s1. The second kappa shape index (κ2) is 11.5. The van der Waals surface area contributed by atoms with Crippen LogP contribution in [0.15, 0.2) is 54.6 Å². The first-order valence-electron chi connectivity index (χ1n) is 13.1. The molecule has 1 amide bonds. The number of nitrogens with one attached hydrogen (secondary N) is 1. The van der Waals surface area contributed by atoms with Crippen LogP contribution in [0.1, 0.15) is 56.7 Å². The third-order valence-electron chi connectivity index (χ3n) is 6.96. The van der Waals surface area contributed by atoms with E-state index in [2.05, 4.69) is 75.2 Å². The summed E-state index contributed by atoms with van der Waals surface area (Å²) in [6.07, 6.45) is 1.09. The van der Waals surface area contributed by atoms with E-state index in [9.17, 15) is 4.79 Å². The molecule has 194 valence electrons. The maximum absolute atomic E-state index is 12.6. The number of ether oxygens (including phenoxy) is 1. The third-order valence-corrected chi connectivity index (χ3v) is 6.96. The Morgan fingerprint density at radius 3 is 2.24 bits per heavy atom. The lowest BCUT2D eigenvalue weighted by Crippen LogP contribution is -2.21. The zero-order chi connectivity index (χ0) is 26.5. The summed E-state index contributed by atoms with van der Waals surface area (Å²) in [5.74, 6) is 0.965. The highest BCUT2D eigenvalue weighted by atomic mass is 16.5. The van der Waals surface area contributed by atoms with Crippen LogP contribution in [0.4, 0.5) is 11.4 Å². The van der Waals surface area contributed by atoms with Gasteiger partial charge in [-0.1, -0.05) is 26.0 Å². The Morgan fingerprint density at radius 1 is 0.946 bits per heavy atom. The molecule has 0 spiro atoms. The van der Waals surface area contributed by atoms with Gasteiger partial charge in [0, 0.05) is 24.5 Å². The molecule has 0 bridgehead atoms. The maximum Gasteiger partial charge on any atom is 0.262 e. The molecule has 0 aliphatic heterocycles. The summed E-state index contributed by atoms with van der Waals surface area (Å²) in [4.78, 5) is 16.6. The van der Waals surface area contributed by atoms with Crippen LogP contribution in [-0.2, 0) is 4.79 Å². The molecule has 0 aliphatic rings. The Hall–Kier alpha value is -3.87. The fraction of sp³-hybridized carbons (Fsp3) is 0.367. The number of hydrogen-bond donors (Lipinski definition) is 1. The van der Waals surface area contributed by atoms with Gasteiger partial charge in [0.1, 0.15) is 16.8 Å². The van der Waals surface area contributed by atoms with Crippen molar-refractivity contribution in [3.63, 3.8) is 0 Å². The minimum atomic E-state index is -0.219. The number of rotatable bonds is 10. The minimum absolute atomic E-state index is 0.0646. The number of benzene rings is 3. The van der Waals surface area contributed by atoms with Crippen LogP contribution in [0.2, 0.25) is 0 Å². The lowest BCUT2D eigenvalue weighted by atomic mass is 9.99. The summed E-state index contributed by atoms with van der Waals surface area (Å²) < 4.78 is 5.71. The van der Waals surface area contributed by atoms with Crippen LogP contribution < -0.4 is 15.0 Å². The first kappa shape index (κ1) is 26.2. The molecule has 1 heterocycles. The fourth-order valence-corrected chi connectivity index (χ4v) is 4.42. The molecule has 7 heteroatoms. The molecule has 0 aliphatic carbocycles. The van der Waals surface area contributed by atoms with Gasteiger partial charge in [0.15, 0.2) is 6.61 Å². The maximum atomic E-state index is 12.6. The van der Waals surface area contributed by atoms with Gasteiger partial charge in [-0.2, -0.15) is 4.80 Å². The topological polar surface area (TPSA) is 72.3 Å². The Kier molecular flexibility index (Phi) is 8.11. The zero-order valence-electron chi connectivity index (χ0n) is 22.7. The van der Waals surface area contributed by atoms with Gasteiger partial charge >= 0.3 is 0 Å². The number of aromatic nitrogens is 3. The molecule has 37 heavy (non-hydrogen) atoms. The summed E-state index contributed by atoms with van der Waals surface area (Å²) in [7, 11) is 0. The van der Waals surface area contributed by atoms with Crippen LogP contribution in [0.3, 0.4) is 0 Å². The predicted molar refractivity (Wildman–Crippen MR) is 151 cm³/mol. The highest BCUT2D eigenvalue weighted by Crippen LogP contribution is 2.25. The Balaban J connectivity index is 1.46. The molecule has 0 unspecified atom stereocenters. The number of nitrogens with zero attached hydrogens (tertiary/aromatic N) is 4. The van der Waals surface area contributed by atoms with E-state index in [0.29, 0.717) is 17.4 Å². The van der Waals surface area contributed by atoms with Gasteiger partial charge in [0.25, 0.3) is 5.91 Å². The zero-order valence-corrected chi connectivity index (χ0v) is 22.7. The van der Waals surface area contributed by atoms with Crippen molar-refractivity contribution < 1.29 is 9.53 Å². The van der Waals surface area contributed by atoms with Crippen LogP contribution in [0.25, 0.3) is 16.7 Å². The molecule has 0 radical (unpaired) electrons. The number of hydrogen-bond acceptors (Lipinski definition) is 5. The molecular formula is C30H37N5O2. The number of carbonyl (C=O) groups excluding carboxylic acids is 1. The van der Waals surface area contributed by atoms with E-state index in [-0.39, 0.29) is 12.5 Å². The van der Waals surface area contributed by atoms with Gasteiger partial charge in [-0.3, -0.25) is 4.79 Å². The molecule has 4 rings (SSSR count). The molecule has 4 aromatic rings. The Morgan fingerprint density at radius 2 is 1.62 bits per heavy atom. The molecule has 0 saturated heterocycles. The van der Waals surface area contributed by atoms with Crippen LogP contribution >= 0.6 is 0 Å². The van der Waals surface area contributed by atoms with Crippen molar-refractivity contribution in [3.8, 4) is 11.4 Å². The number of aryl methyl sites for hydroxylation is 2. The summed E-state index contributed by atoms with van der Waals surface area (Å²) in [6, 6.07) is 18.1. The second-order valence-electron chi connectivity index (χ2n) is 9.50. The molecule has 1 atom stereocenters. The molecule has 1 aromatic heterocycles. The Labute approximate surface area is 219 Å². The van der Waals surface area contributed by atoms with Crippen molar-refractivity contribution in [2.45, 2.75) is 53.9 Å². The van der Waals surface area contributed by atoms with Crippen molar-refractivity contribution in [3.05, 3.63) is 71.3 Å². The highest BCUT2D eigenvalue weighted by Gasteiger charge is 2.13. The van der Waals surface area contributed by atoms with Crippen LogP contribution in [0, 0.1) is 13.8 Å².